The van der Waals surface area contributed by atoms with Gasteiger partial charge in [-0.25, -0.2) is 0 Å². The zero-order valence-electron chi connectivity index (χ0n) is 16.8. The SMILES string of the molecule is COCCN(C)CC(=O)N1C[C@H]2CC[C@@H]1CN(C1Cc3ccccc3C1)C2. The van der Waals surface area contributed by atoms with Crippen molar-refractivity contribution in [3.8, 4) is 0 Å². The summed E-state index contributed by atoms with van der Waals surface area (Å²) in [5.41, 5.74) is 3.04. The molecule has 0 unspecified atom stereocenters. The van der Waals surface area contributed by atoms with Crippen LogP contribution in [0.25, 0.3) is 0 Å². The van der Waals surface area contributed by atoms with Gasteiger partial charge in [0, 0.05) is 45.4 Å². The fourth-order valence-corrected chi connectivity index (χ4v) is 5.16. The summed E-state index contributed by atoms with van der Waals surface area (Å²) in [5, 5.41) is 0. The van der Waals surface area contributed by atoms with Crippen LogP contribution in [-0.4, -0.2) is 86.2 Å². The summed E-state index contributed by atoms with van der Waals surface area (Å²) in [6.45, 7) is 5.11. The van der Waals surface area contributed by atoms with Gasteiger partial charge < -0.3 is 9.64 Å². The number of hydrogen-bond acceptors (Lipinski definition) is 4. The number of fused-ring (bicyclic) bond motifs is 5. The van der Waals surface area contributed by atoms with E-state index in [9.17, 15) is 4.79 Å². The molecule has 3 aliphatic heterocycles. The van der Waals surface area contributed by atoms with Gasteiger partial charge in [0.25, 0.3) is 0 Å². The number of likely N-dealkylation sites (N-methyl/N-ethyl adjacent to an activating group) is 1. The highest BCUT2D eigenvalue weighted by atomic mass is 16.5. The maximum atomic E-state index is 12.9. The number of ether oxygens (including phenoxy) is 1. The maximum absolute atomic E-state index is 12.9. The largest absolute Gasteiger partial charge is 0.383 e. The van der Waals surface area contributed by atoms with E-state index in [1.807, 2.05) is 7.05 Å². The molecule has 4 aliphatic rings. The Labute approximate surface area is 163 Å². The molecule has 0 N–H and O–H groups in total. The molecule has 2 bridgehead atoms. The summed E-state index contributed by atoms with van der Waals surface area (Å²) in [6, 6.07) is 9.89. The Bertz CT molecular complexity index is 640. The number of rotatable bonds is 6. The van der Waals surface area contributed by atoms with Gasteiger partial charge in [-0.3, -0.25) is 14.6 Å². The Kier molecular flexibility index (Phi) is 5.81. The van der Waals surface area contributed by atoms with Crippen molar-refractivity contribution in [2.45, 2.75) is 37.8 Å². The number of nitrogens with zero attached hydrogens (tertiary/aromatic N) is 3. The van der Waals surface area contributed by atoms with E-state index in [0.717, 1.165) is 32.6 Å². The molecular weight excluding hydrogens is 338 g/mol. The molecule has 0 aromatic heterocycles. The minimum atomic E-state index is 0.292. The van der Waals surface area contributed by atoms with Crippen molar-refractivity contribution in [3.05, 3.63) is 35.4 Å². The molecule has 0 spiro atoms. The van der Waals surface area contributed by atoms with E-state index in [0.29, 0.717) is 37.1 Å². The van der Waals surface area contributed by atoms with Crippen molar-refractivity contribution in [2.24, 2.45) is 5.92 Å². The Morgan fingerprint density at radius 2 is 1.85 bits per heavy atom. The molecule has 1 amide bonds. The van der Waals surface area contributed by atoms with Crippen LogP contribution in [0.1, 0.15) is 24.0 Å². The van der Waals surface area contributed by atoms with Crippen molar-refractivity contribution >= 4 is 5.91 Å². The molecule has 5 rings (SSSR count). The van der Waals surface area contributed by atoms with E-state index in [2.05, 4.69) is 39.0 Å². The summed E-state index contributed by atoms with van der Waals surface area (Å²) >= 11 is 0. The number of carbonyl (C=O) groups is 1. The number of methoxy groups -OCH3 is 1. The second-order valence-electron chi connectivity index (χ2n) is 8.66. The maximum Gasteiger partial charge on any atom is 0.237 e. The van der Waals surface area contributed by atoms with Gasteiger partial charge in [0.1, 0.15) is 0 Å². The van der Waals surface area contributed by atoms with Crippen LogP contribution in [0.5, 0.6) is 0 Å². The number of carbonyl (C=O) groups excluding carboxylic acids is 1. The Hall–Kier alpha value is -1.43. The van der Waals surface area contributed by atoms with Crippen LogP contribution < -0.4 is 0 Å². The first kappa shape index (κ1) is 18.9. The number of benzene rings is 1. The fourth-order valence-electron chi connectivity index (χ4n) is 5.16. The number of amides is 1. The fraction of sp³-hybridized carbons (Fsp3) is 0.682. The summed E-state index contributed by atoms with van der Waals surface area (Å²) in [6.07, 6.45) is 4.77. The smallest absolute Gasteiger partial charge is 0.237 e. The van der Waals surface area contributed by atoms with Crippen LogP contribution >= 0.6 is 0 Å². The lowest BCUT2D eigenvalue weighted by atomic mass is 9.95. The van der Waals surface area contributed by atoms with Gasteiger partial charge in [-0.2, -0.15) is 0 Å². The van der Waals surface area contributed by atoms with E-state index >= 15 is 0 Å². The predicted molar refractivity (Wildman–Crippen MR) is 107 cm³/mol. The minimum Gasteiger partial charge on any atom is -0.383 e. The third-order valence-electron chi connectivity index (χ3n) is 6.69. The molecule has 0 radical (unpaired) electrons. The van der Waals surface area contributed by atoms with Crippen LogP contribution in [0.15, 0.2) is 24.3 Å². The zero-order chi connectivity index (χ0) is 18.8. The topological polar surface area (TPSA) is 36.0 Å². The molecule has 1 aliphatic carbocycles. The highest BCUT2D eigenvalue weighted by Crippen LogP contribution is 2.33. The van der Waals surface area contributed by atoms with Gasteiger partial charge in [0.05, 0.1) is 13.2 Å². The van der Waals surface area contributed by atoms with Crippen molar-refractivity contribution in [1.29, 1.82) is 0 Å². The molecule has 3 fully saturated rings. The standard InChI is InChI=1S/C22H33N3O2/c1-23(9-10-27-2)16-22(26)25-14-17-7-8-20(25)15-24(13-17)21-11-18-5-3-4-6-19(18)12-21/h3-6,17,20-21H,7-16H2,1-2H3/t17-,20+/m0/s1. The lowest BCUT2D eigenvalue weighted by molar-refractivity contribution is -0.136. The van der Waals surface area contributed by atoms with E-state index in [1.165, 1.54) is 30.4 Å². The zero-order valence-corrected chi connectivity index (χ0v) is 16.8. The average Bonchev–Trinajstić information content (AvgIpc) is 2.89. The first-order valence-electron chi connectivity index (χ1n) is 10.4. The molecule has 1 aromatic rings. The van der Waals surface area contributed by atoms with Crippen molar-refractivity contribution in [3.63, 3.8) is 0 Å². The van der Waals surface area contributed by atoms with E-state index < -0.39 is 0 Å². The second kappa shape index (κ2) is 8.29. The Morgan fingerprint density at radius 1 is 1.11 bits per heavy atom. The van der Waals surface area contributed by atoms with Crippen LogP contribution in [-0.2, 0) is 22.4 Å². The van der Waals surface area contributed by atoms with E-state index in [1.54, 1.807) is 7.11 Å². The lowest BCUT2D eigenvalue weighted by Gasteiger charge is -2.37. The Morgan fingerprint density at radius 3 is 2.56 bits per heavy atom. The molecule has 3 heterocycles. The van der Waals surface area contributed by atoms with Crippen LogP contribution in [0.4, 0.5) is 0 Å². The number of hydrogen-bond donors (Lipinski definition) is 0. The van der Waals surface area contributed by atoms with Gasteiger partial charge >= 0.3 is 0 Å². The third kappa shape index (κ3) is 4.20. The summed E-state index contributed by atoms with van der Waals surface area (Å²) in [7, 11) is 3.72. The van der Waals surface area contributed by atoms with Gasteiger partial charge in [0.2, 0.25) is 5.91 Å². The first-order chi connectivity index (χ1) is 13.1. The normalized spacial score (nSPS) is 25.8. The van der Waals surface area contributed by atoms with Crippen molar-refractivity contribution in [2.75, 3.05) is 53.5 Å². The quantitative estimate of drug-likeness (QED) is 0.762. The molecular formula is C22H33N3O2. The second-order valence-corrected chi connectivity index (χ2v) is 8.66. The van der Waals surface area contributed by atoms with Crippen LogP contribution in [0.2, 0.25) is 0 Å². The van der Waals surface area contributed by atoms with Crippen LogP contribution in [0, 0.1) is 5.92 Å². The molecule has 27 heavy (non-hydrogen) atoms. The molecule has 2 atom stereocenters. The van der Waals surface area contributed by atoms with Gasteiger partial charge in [-0.05, 0) is 49.8 Å². The van der Waals surface area contributed by atoms with Crippen LogP contribution in [0.3, 0.4) is 0 Å². The average molecular weight is 372 g/mol. The summed E-state index contributed by atoms with van der Waals surface area (Å²) in [4.78, 5) is 19.9. The van der Waals surface area contributed by atoms with E-state index in [-0.39, 0.29) is 0 Å². The molecule has 0 saturated carbocycles. The highest BCUT2D eigenvalue weighted by molar-refractivity contribution is 5.78. The predicted octanol–water partition coefficient (Wildman–Crippen LogP) is 1.65. The monoisotopic (exact) mass is 371 g/mol. The molecule has 3 saturated heterocycles. The first-order valence-corrected chi connectivity index (χ1v) is 10.4. The summed E-state index contributed by atoms with van der Waals surface area (Å²) in [5.74, 6) is 0.917. The van der Waals surface area contributed by atoms with Gasteiger partial charge in [-0.1, -0.05) is 24.3 Å². The third-order valence-corrected chi connectivity index (χ3v) is 6.69. The number of piperidine rings is 1. The van der Waals surface area contributed by atoms with Gasteiger partial charge in [-0.15, -0.1) is 0 Å². The highest BCUT2D eigenvalue weighted by Gasteiger charge is 2.40. The molecule has 5 nitrogen and oxygen atoms in total. The summed E-state index contributed by atoms with van der Waals surface area (Å²) < 4.78 is 5.13. The van der Waals surface area contributed by atoms with Crippen molar-refractivity contribution < 1.29 is 9.53 Å². The lowest BCUT2D eigenvalue weighted by Crippen LogP contribution is -2.51. The van der Waals surface area contributed by atoms with Gasteiger partial charge in [0.15, 0.2) is 0 Å². The molecule has 148 valence electrons. The van der Waals surface area contributed by atoms with E-state index in [4.69, 9.17) is 4.74 Å². The molecule has 1 aromatic carbocycles. The van der Waals surface area contributed by atoms with Crippen molar-refractivity contribution in [1.82, 2.24) is 14.7 Å². The molecule has 5 heteroatoms. The Balaban J connectivity index is 1.38. The minimum absolute atomic E-state index is 0.292.